The van der Waals surface area contributed by atoms with Crippen molar-refractivity contribution >= 4 is 6.29 Å². The lowest BCUT2D eigenvalue weighted by molar-refractivity contribution is 0.112. The van der Waals surface area contributed by atoms with Crippen molar-refractivity contribution in [3.05, 3.63) is 35.7 Å². The number of alkyl halides is 2. The van der Waals surface area contributed by atoms with Gasteiger partial charge in [0.15, 0.2) is 0 Å². The molecule has 0 saturated carbocycles. The smallest absolute Gasteiger partial charge is 0.314 e. The minimum Gasteiger partial charge on any atom is -0.415 e. The van der Waals surface area contributed by atoms with E-state index < -0.39 is 12.3 Å². The van der Waals surface area contributed by atoms with Crippen LogP contribution in [0.1, 0.15) is 22.7 Å². The summed E-state index contributed by atoms with van der Waals surface area (Å²) in [5.74, 6) is -0.706. The molecule has 0 aliphatic heterocycles. The Morgan fingerprint density at radius 1 is 1.19 bits per heavy atom. The van der Waals surface area contributed by atoms with E-state index in [1.807, 2.05) is 0 Å². The van der Waals surface area contributed by atoms with Crippen LogP contribution in [0.15, 0.2) is 28.7 Å². The predicted molar refractivity (Wildman–Crippen MR) is 50.1 cm³/mol. The van der Waals surface area contributed by atoms with Crippen LogP contribution in [0, 0.1) is 0 Å². The van der Waals surface area contributed by atoms with Crippen LogP contribution in [0.2, 0.25) is 0 Å². The summed E-state index contributed by atoms with van der Waals surface area (Å²) in [6, 6.07) is 6.17. The summed E-state index contributed by atoms with van der Waals surface area (Å²) in [4.78, 5) is 10.4. The Morgan fingerprint density at radius 2 is 1.88 bits per heavy atom. The molecule has 1 aromatic carbocycles. The minimum atomic E-state index is -2.78. The molecule has 2 rings (SSSR count). The average molecular weight is 224 g/mol. The van der Waals surface area contributed by atoms with Crippen molar-refractivity contribution in [3.8, 4) is 11.5 Å². The van der Waals surface area contributed by atoms with E-state index in [2.05, 4.69) is 10.2 Å². The topological polar surface area (TPSA) is 56.0 Å². The molecule has 0 saturated heterocycles. The summed E-state index contributed by atoms with van der Waals surface area (Å²) in [7, 11) is 0. The SMILES string of the molecule is O=Cc1ccc(-c2nnc(C(F)F)o2)cc1. The molecule has 0 spiro atoms. The number of benzene rings is 1. The first-order chi connectivity index (χ1) is 7.70. The number of aldehydes is 1. The maximum absolute atomic E-state index is 12.2. The number of halogens is 2. The zero-order valence-electron chi connectivity index (χ0n) is 7.93. The molecule has 0 N–H and O–H groups in total. The Balaban J connectivity index is 2.31. The molecule has 0 unspecified atom stereocenters. The first-order valence-electron chi connectivity index (χ1n) is 4.38. The Kier molecular flexibility index (Phi) is 2.72. The van der Waals surface area contributed by atoms with Gasteiger partial charge in [-0.2, -0.15) is 8.78 Å². The van der Waals surface area contributed by atoms with Gasteiger partial charge in [0.25, 0.3) is 5.89 Å². The zero-order valence-corrected chi connectivity index (χ0v) is 7.93. The predicted octanol–water partition coefficient (Wildman–Crippen LogP) is 2.49. The third kappa shape index (κ3) is 1.95. The Bertz CT molecular complexity index is 494. The first-order valence-corrected chi connectivity index (χ1v) is 4.38. The second kappa shape index (κ2) is 4.18. The fourth-order valence-corrected chi connectivity index (χ4v) is 1.14. The standard InChI is InChI=1S/C10H6F2N2O2/c11-8(12)10-14-13-9(16-10)7-3-1-6(5-15)2-4-7/h1-5,8H. The number of carbonyl (C=O) groups excluding carboxylic acids is 1. The molecule has 6 heteroatoms. The zero-order chi connectivity index (χ0) is 11.5. The highest BCUT2D eigenvalue weighted by Gasteiger charge is 2.16. The summed E-state index contributed by atoms with van der Waals surface area (Å²) in [5, 5.41) is 6.68. The molecule has 0 aliphatic rings. The van der Waals surface area contributed by atoms with Crippen LogP contribution in [-0.4, -0.2) is 16.5 Å². The molecule has 0 bridgehead atoms. The number of hydrogen-bond acceptors (Lipinski definition) is 4. The van der Waals surface area contributed by atoms with Crippen LogP contribution in [0.4, 0.5) is 8.78 Å². The molecule has 0 atom stereocenters. The molecule has 1 aromatic heterocycles. The van der Waals surface area contributed by atoms with Crippen molar-refractivity contribution < 1.29 is 18.0 Å². The third-order valence-electron chi connectivity index (χ3n) is 1.92. The number of hydrogen-bond donors (Lipinski definition) is 0. The molecule has 82 valence electrons. The van der Waals surface area contributed by atoms with Gasteiger partial charge >= 0.3 is 6.43 Å². The highest BCUT2D eigenvalue weighted by atomic mass is 19.3. The van der Waals surface area contributed by atoms with Gasteiger partial charge in [-0.3, -0.25) is 4.79 Å². The Morgan fingerprint density at radius 3 is 2.38 bits per heavy atom. The molecular formula is C10H6F2N2O2. The summed E-state index contributed by atoms with van der Waals surface area (Å²) < 4.78 is 29.1. The fourth-order valence-electron chi connectivity index (χ4n) is 1.14. The second-order valence-corrected chi connectivity index (χ2v) is 2.99. The Labute approximate surface area is 88.9 Å². The normalized spacial score (nSPS) is 10.7. The van der Waals surface area contributed by atoms with E-state index in [0.717, 1.165) is 0 Å². The van der Waals surface area contributed by atoms with Gasteiger partial charge in [-0.15, -0.1) is 10.2 Å². The number of aromatic nitrogens is 2. The van der Waals surface area contributed by atoms with Crippen molar-refractivity contribution in [2.24, 2.45) is 0 Å². The van der Waals surface area contributed by atoms with Crippen molar-refractivity contribution in [1.82, 2.24) is 10.2 Å². The molecule has 4 nitrogen and oxygen atoms in total. The molecule has 0 fully saturated rings. The monoisotopic (exact) mass is 224 g/mol. The largest absolute Gasteiger partial charge is 0.415 e. The van der Waals surface area contributed by atoms with E-state index >= 15 is 0 Å². The van der Waals surface area contributed by atoms with Crippen LogP contribution >= 0.6 is 0 Å². The van der Waals surface area contributed by atoms with Gasteiger partial charge in [-0.25, -0.2) is 0 Å². The van der Waals surface area contributed by atoms with Gasteiger partial charge < -0.3 is 4.42 Å². The van der Waals surface area contributed by atoms with Crippen LogP contribution in [0.25, 0.3) is 11.5 Å². The van der Waals surface area contributed by atoms with Gasteiger partial charge in [0.1, 0.15) is 6.29 Å². The molecule has 0 amide bonds. The van der Waals surface area contributed by atoms with Crippen LogP contribution in [0.3, 0.4) is 0 Å². The number of carbonyl (C=O) groups is 1. The highest BCUT2D eigenvalue weighted by Crippen LogP contribution is 2.23. The van der Waals surface area contributed by atoms with Gasteiger partial charge in [0.2, 0.25) is 5.89 Å². The maximum Gasteiger partial charge on any atom is 0.314 e. The van der Waals surface area contributed by atoms with E-state index in [1.165, 1.54) is 12.1 Å². The van der Waals surface area contributed by atoms with Crippen molar-refractivity contribution in [1.29, 1.82) is 0 Å². The lowest BCUT2D eigenvalue weighted by Gasteiger charge is -1.94. The van der Waals surface area contributed by atoms with Crippen LogP contribution in [0.5, 0.6) is 0 Å². The molecule has 2 aromatic rings. The molecular weight excluding hydrogens is 218 g/mol. The molecule has 0 radical (unpaired) electrons. The van der Waals surface area contributed by atoms with Crippen molar-refractivity contribution in [3.63, 3.8) is 0 Å². The van der Waals surface area contributed by atoms with Gasteiger partial charge in [-0.1, -0.05) is 12.1 Å². The van der Waals surface area contributed by atoms with Gasteiger partial charge in [-0.05, 0) is 12.1 Å². The first kappa shape index (κ1) is 10.4. The Hall–Kier alpha value is -2.11. The molecule has 1 heterocycles. The van der Waals surface area contributed by atoms with Crippen LogP contribution < -0.4 is 0 Å². The summed E-state index contributed by atoms with van der Waals surface area (Å²) in [5.41, 5.74) is 0.974. The van der Waals surface area contributed by atoms with E-state index in [9.17, 15) is 13.6 Å². The van der Waals surface area contributed by atoms with Gasteiger partial charge in [0.05, 0.1) is 0 Å². The van der Waals surface area contributed by atoms with Crippen molar-refractivity contribution in [2.75, 3.05) is 0 Å². The van der Waals surface area contributed by atoms with E-state index in [4.69, 9.17) is 4.42 Å². The quantitative estimate of drug-likeness (QED) is 0.751. The lowest BCUT2D eigenvalue weighted by Crippen LogP contribution is -1.81. The summed E-state index contributed by atoms with van der Waals surface area (Å²) in [6.45, 7) is 0. The highest BCUT2D eigenvalue weighted by molar-refractivity contribution is 5.75. The average Bonchev–Trinajstić information content (AvgIpc) is 2.78. The fraction of sp³-hybridized carbons (Fsp3) is 0.100. The minimum absolute atomic E-state index is 0.00717. The number of rotatable bonds is 3. The van der Waals surface area contributed by atoms with Crippen LogP contribution in [-0.2, 0) is 0 Å². The summed E-state index contributed by atoms with van der Waals surface area (Å²) in [6.07, 6.45) is -2.10. The maximum atomic E-state index is 12.2. The van der Waals surface area contributed by atoms with E-state index in [-0.39, 0.29) is 5.89 Å². The number of nitrogens with zero attached hydrogens (tertiary/aromatic N) is 2. The summed E-state index contributed by atoms with van der Waals surface area (Å²) >= 11 is 0. The van der Waals surface area contributed by atoms with Gasteiger partial charge in [0, 0.05) is 11.1 Å². The molecule has 16 heavy (non-hydrogen) atoms. The van der Waals surface area contributed by atoms with E-state index in [0.29, 0.717) is 17.4 Å². The molecule has 0 aliphatic carbocycles. The third-order valence-corrected chi connectivity index (χ3v) is 1.92. The lowest BCUT2D eigenvalue weighted by atomic mass is 10.1. The van der Waals surface area contributed by atoms with Crippen molar-refractivity contribution in [2.45, 2.75) is 6.43 Å². The second-order valence-electron chi connectivity index (χ2n) is 2.99. The van der Waals surface area contributed by atoms with E-state index in [1.54, 1.807) is 12.1 Å².